The van der Waals surface area contributed by atoms with E-state index in [1.54, 1.807) is 11.3 Å². The van der Waals surface area contributed by atoms with Crippen LogP contribution in [0.4, 0.5) is 0 Å². The number of Topliss-reactive ketones (excluding diaryl/α,β-unsaturated/α-hetero) is 1. The van der Waals surface area contributed by atoms with E-state index in [1.165, 1.54) is 23.3 Å². The maximum absolute atomic E-state index is 13.0. The van der Waals surface area contributed by atoms with Gasteiger partial charge >= 0.3 is 0 Å². The highest BCUT2D eigenvalue weighted by molar-refractivity contribution is 7.12. The molecule has 7 heteroatoms. The molecule has 30 heavy (non-hydrogen) atoms. The van der Waals surface area contributed by atoms with E-state index in [1.807, 2.05) is 24.3 Å². The fraction of sp³-hybridized carbons (Fsp3) is 0.478. The number of nitrogens with zero attached hydrogens (tertiary/aromatic N) is 1. The van der Waals surface area contributed by atoms with Gasteiger partial charge in [0.05, 0.1) is 5.56 Å². The Bertz CT molecular complexity index is 907. The number of rotatable bonds is 8. The molecule has 1 aromatic heterocycles. The predicted molar refractivity (Wildman–Crippen MR) is 125 cm³/mol. The number of carbonyl (C=O) groups excluding carboxylic acids is 2. The minimum Gasteiger partial charge on any atom is -0.352 e. The molecule has 2 aromatic rings. The average Bonchev–Trinajstić information content (AvgIpc) is 3.47. The highest BCUT2D eigenvalue weighted by Gasteiger charge is 2.29. The first-order valence-electron chi connectivity index (χ1n) is 10.4. The number of halogens is 2. The van der Waals surface area contributed by atoms with Crippen molar-refractivity contribution in [2.24, 2.45) is 5.92 Å². The normalized spacial score (nSPS) is 15.9. The van der Waals surface area contributed by atoms with Crippen LogP contribution in [0.1, 0.15) is 51.0 Å². The van der Waals surface area contributed by atoms with Crippen LogP contribution in [-0.2, 0) is 30.6 Å². The summed E-state index contributed by atoms with van der Waals surface area (Å²) in [5, 5.41) is 3.79. The first kappa shape index (κ1) is 23.3. The van der Waals surface area contributed by atoms with Crippen LogP contribution in [0.3, 0.4) is 0 Å². The predicted octanol–water partition coefficient (Wildman–Crippen LogP) is 4.70. The van der Waals surface area contributed by atoms with Crippen LogP contribution in [0.25, 0.3) is 0 Å². The third kappa shape index (κ3) is 5.64. The molecule has 0 spiro atoms. The minimum atomic E-state index is 0. The van der Waals surface area contributed by atoms with E-state index in [0.29, 0.717) is 23.8 Å². The van der Waals surface area contributed by atoms with Gasteiger partial charge in [-0.25, -0.2) is 0 Å². The molecule has 2 heterocycles. The van der Waals surface area contributed by atoms with Crippen LogP contribution in [0.5, 0.6) is 0 Å². The van der Waals surface area contributed by atoms with Gasteiger partial charge in [-0.3, -0.25) is 14.5 Å². The van der Waals surface area contributed by atoms with Gasteiger partial charge in [-0.05, 0) is 55.0 Å². The fourth-order valence-corrected chi connectivity index (χ4v) is 5.44. The van der Waals surface area contributed by atoms with Crippen molar-refractivity contribution in [1.82, 2.24) is 10.2 Å². The molecule has 4 rings (SSSR count). The van der Waals surface area contributed by atoms with Gasteiger partial charge in [0.1, 0.15) is 5.78 Å². The number of amides is 1. The largest absolute Gasteiger partial charge is 0.352 e. The molecular formula is C23H28Cl2N2O2S. The smallest absolute Gasteiger partial charge is 0.252 e. The lowest BCUT2D eigenvalue weighted by Gasteiger charge is -2.25. The van der Waals surface area contributed by atoms with E-state index in [0.717, 1.165) is 48.6 Å². The molecule has 1 aromatic carbocycles. The lowest BCUT2D eigenvalue weighted by Crippen LogP contribution is -2.32. The van der Waals surface area contributed by atoms with Gasteiger partial charge in [0.2, 0.25) is 0 Å². The highest BCUT2D eigenvalue weighted by Crippen LogP contribution is 2.34. The maximum atomic E-state index is 13.0. The van der Waals surface area contributed by atoms with Crippen LogP contribution >= 0.6 is 35.3 Å². The van der Waals surface area contributed by atoms with Crippen molar-refractivity contribution in [3.63, 3.8) is 0 Å². The van der Waals surface area contributed by atoms with Crippen molar-refractivity contribution in [2.75, 3.05) is 19.6 Å². The van der Waals surface area contributed by atoms with Gasteiger partial charge in [0, 0.05) is 47.3 Å². The number of nitrogens with one attached hydrogen (secondary N) is 1. The summed E-state index contributed by atoms with van der Waals surface area (Å²) in [4.78, 5) is 30.4. The zero-order chi connectivity index (χ0) is 20.4. The molecule has 2 aliphatic rings. The number of fused-ring (bicyclic) bond motifs is 1. The molecule has 1 N–H and O–H groups in total. The van der Waals surface area contributed by atoms with Gasteiger partial charge < -0.3 is 5.32 Å². The van der Waals surface area contributed by atoms with Gasteiger partial charge in [-0.2, -0.15) is 0 Å². The van der Waals surface area contributed by atoms with E-state index in [2.05, 4.69) is 17.1 Å². The Morgan fingerprint density at radius 2 is 1.93 bits per heavy atom. The molecule has 4 nitrogen and oxygen atoms in total. The molecule has 1 saturated carbocycles. The molecule has 0 atom stereocenters. The molecule has 0 bridgehead atoms. The molecule has 1 amide bonds. The summed E-state index contributed by atoms with van der Waals surface area (Å²) >= 11 is 7.60. The zero-order valence-corrected chi connectivity index (χ0v) is 19.6. The number of hydrogen-bond acceptors (Lipinski definition) is 4. The highest BCUT2D eigenvalue weighted by atomic mass is 35.5. The summed E-state index contributed by atoms with van der Waals surface area (Å²) in [5.74, 6) is 0.780. The number of likely N-dealkylation sites (N-methyl/N-ethyl adjacent to an activating group) is 1. The number of benzene rings is 1. The lowest BCUT2D eigenvalue weighted by atomic mass is 9.98. The summed E-state index contributed by atoms with van der Waals surface area (Å²) in [6.45, 7) is 5.78. The number of ketones is 1. The quantitative estimate of drug-likeness (QED) is 0.613. The standard InChI is InChI=1S/C23H27ClN2O2S.ClH/c1-2-26-10-9-19-21(14-26)29-20(22(19)23(28)25-13-16-3-4-16)12-18(27)11-15-5-7-17(24)8-6-15;/h5-8,16H,2-4,9-14H2,1H3,(H,25,28);1H. The van der Waals surface area contributed by atoms with Crippen molar-refractivity contribution in [1.29, 1.82) is 0 Å². The number of hydrogen-bond donors (Lipinski definition) is 1. The van der Waals surface area contributed by atoms with E-state index in [9.17, 15) is 9.59 Å². The Morgan fingerprint density at radius 3 is 2.60 bits per heavy atom. The molecule has 0 radical (unpaired) electrons. The monoisotopic (exact) mass is 466 g/mol. The van der Waals surface area contributed by atoms with Crippen LogP contribution in [-0.4, -0.2) is 36.2 Å². The van der Waals surface area contributed by atoms with E-state index < -0.39 is 0 Å². The first-order chi connectivity index (χ1) is 14.0. The van der Waals surface area contributed by atoms with Crippen LogP contribution < -0.4 is 5.32 Å². The van der Waals surface area contributed by atoms with Gasteiger partial charge in [0.15, 0.2) is 0 Å². The molecule has 1 fully saturated rings. The summed E-state index contributed by atoms with van der Waals surface area (Å²) in [6, 6.07) is 7.40. The fourth-order valence-electron chi connectivity index (χ4n) is 3.89. The molecule has 0 saturated heterocycles. The second kappa shape index (κ2) is 10.3. The Morgan fingerprint density at radius 1 is 1.20 bits per heavy atom. The lowest BCUT2D eigenvalue weighted by molar-refractivity contribution is -0.117. The summed E-state index contributed by atoms with van der Waals surface area (Å²) in [7, 11) is 0. The van der Waals surface area contributed by atoms with Crippen molar-refractivity contribution in [3.8, 4) is 0 Å². The molecule has 1 aliphatic carbocycles. The van der Waals surface area contributed by atoms with Crippen molar-refractivity contribution in [3.05, 3.63) is 55.7 Å². The Labute approximate surface area is 193 Å². The van der Waals surface area contributed by atoms with Crippen molar-refractivity contribution < 1.29 is 9.59 Å². The van der Waals surface area contributed by atoms with Crippen molar-refractivity contribution >= 4 is 47.0 Å². The molecule has 162 valence electrons. The zero-order valence-electron chi connectivity index (χ0n) is 17.2. The second-order valence-corrected chi connectivity index (χ2v) is 9.72. The Balaban J connectivity index is 0.00000256. The van der Waals surface area contributed by atoms with E-state index in [-0.39, 0.29) is 24.1 Å². The minimum absolute atomic E-state index is 0. The summed E-state index contributed by atoms with van der Waals surface area (Å²) in [5.41, 5.74) is 2.91. The third-order valence-corrected chi connectivity index (χ3v) is 7.27. The van der Waals surface area contributed by atoms with Gasteiger partial charge in [0.25, 0.3) is 5.91 Å². The van der Waals surface area contributed by atoms with Crippen LogP contribution in [0, 0.1) is 5.92 Å². The SMILES string of the molecule is CCN1CCc2c(sc(CC(=O)Cc3ccc(Cl)cc3)c2C(=O)NCC2CC2)C1.Cl. The number of thiophene rings is 1. The summed E-state index contributed by atoms with van der Waals surface area (Å²) in [6.07, 6.45) is 3.99. The molecule has 0 unspecified atom stereocenters. The van der Waals surface area contributed by atoms with Crippen LogP contribution in [0.2, 0.25) is 5.02 Å². The first-order valence-corrected chi connectivity index (χ1v) is 11.6. The average molecular weight is 467 g/mol. The van der Waals surface area contributed by atoms with E-state index in [4.69, 9.17) is 11.6 Å². The summed E-state index contributed by atoms with van der Waals surface area (Å²) < 4.78 is 0. The molecular weight excluding hydrogens is 439 g/mol. The Kier molecular flexibility index (Phi) is 7.97. The van der Waals surface area contributed by atoms with Gasteiger partial charge in [-0.15, -0.1) is 23.7 Å². The molecule has 1 aliphatic heterocycles. The number of carbonyl (C=O) groups is 2. The topological polar surface area (TPSA) is 49.4 Å². The van der Waals surface area contributed by atoms with E-state index >= 15 is 0 Å². The second-order valence-electron chi connectivity index (χ2n) is 8.09. The maximum Gasteiger partial charge on any atom is 0.252 e. The van der Waals surface area contributed by atoms with Crippen LogP contribution in [0.15, 0.2) is 24.3 Å². The third-order valence-electron chi connectivity index (χ3n) is 5.80. The Hall–Kier alpha value is -1.40. The van der Waals surface area contributed by atoms with Gasteiger partial charge in [-0.1, -0.05) is 30.7 Å². The van der Waals surface area contributed by atoms with Crippen molar-refractivity contribution in [2.45, 2.75) is 45.6 Å².